The Bertz CT molecular complexity index is 1210. The van der Waals surface area contributed by atoms with Crippen molar-refractivity contribution in [3.05, 3.63) is 84.7 Å². The van der Waals surface area contributed by atoms with Crippen molar-refractivity contribution in [1.82, 2.24) is 19.0 Å². The van der Waals surface area contributed by atoms with Gasteiger partial charge in [0.15, 0.2) is 0 Å². The first kappa shape index (κ1) is 17.2. The van der Waals surface area contributed by atoms with Crippen molar-refractivity contribution < 1.29 is 12.8 Å². The molecule has 6 nitrogen and oxygen atoms in total. The first-order valence-corrected chi connectivity index (χ1v) is 9.55. The van der Waals surface area contributed by atoms with Crippen LogP contribution in [0, 0.1) is 12.7 Å². The molecule has 0 saturated carbocycles. The molecule has 8 heteroatoms. The second kappa shape index (κ2) is 6.48. The van der Waals surface area contributed by atoms with E-state index < -0.39 is 15.8 Å². The summed E-state index contributed by atoms with van der Waals surface area (Å²) in [5, 5.41) is 8.20. The van der Waals surface area contributed by atoms with Crippen LogP contribution in [0.4, 0.5) is 4.39 Å². The van der Waals surface area contributed by atoms with Gasteiger partial charge in [0.25, 0.3) is 10.0 Å². The van der Waals surface area contributed by atoms with Crippen LogP contribution in [0.1, 0.15) is 5.56 Å². The highest BCUT2D eigenvalue weighted by Crippen LogP contribution is 2.25. The van der Waals surface area contributed by atoms with Gasteiger partial charge in [0, 0.05) is 18.0 Å². The van der Waals surface area contributed by atoms with Crippen molar-refractivity contribution in [1.29, 1.82) is 0 Å². The Morgan fingerprint density at radius 3 is 2.59 bits per heavy atom. The first-order valence-electron chi connectivity index (χ1n) is 8.11. The molecule has 136 valence electrons. The lowest BCUT2D eigenvalue weighted by molar-refractivity contribution is 0.576. The molecule has 0 bridgehead atoms. The van der Waals surface area contributed by atoms with E-state index in [1.165, 1.54) is 30.6 Å². The molecule has 0 radical (unpaired) electrons. The van der Waals surface area contributed by atoms with Gasteiger partial charge < -0.3 is 0 Å². The lowest BCUT2D eigenvalue weighted by Gasteiger charge is -2.07. The predicted molar refractivity (Wildman–Crippen MR) is 98.5 cm³/mol. The van der Waals surface area contributed by atoms with Gasteiger partial charge in [-0.05, 0) is 54.4 Å². The molecule has 0 saturated heterocycles. The van der Waals surface area contributed by atoms with Crippen LogP contribution in [-0.4, -0.2) is 27.4 Å². The van der Waals surface area contributed by atoms with E-state index in [-0.39, 0.29) is 4.90 Å². The summed E-state index contributed by atoms with van der Waals surface area (Å²) in [5.41, 5.74) is 3.29. The van der Waals surface area contributed by atoms with Gasteiger partial charge in [0.05, 0.1) is 23.0 Å². The zero-order valence-electron chi connectivity index (χ0n) is 14.3. The minimum atomic E-state index is -3.96. The standard InChI is InChI=1S/C19H15FN4O2S/c1-14-8-15(10-18(9-14)23-7-3-6-21-23)16-12-22-24(13-16)27(25,26)19-5-2-4-17(20)11-19/h2-13H,1H3. The number of halogens is 1. The minimum absolute atomic E-state index is 0.154. The molecular weight excluding hydrogens is 367 g/mol. The van der Waals surface area contributed by atoms with E-state index >= 15 is 0 Å². The number of rotatable bonds is 4. The van der Waals surface area contributed by atoms with Crippen LogP contribution in [0.25, 0.3) is 16.8 Å². The topological polar surface area (TPSA) is 69.8 Å². The summed E-state index contributed by atoms with van der Waals surface area (Å²) in [4.78, 5) is -0.154. The van der Waals surface area contributed by atoms with Crippen LogP contribution in [0.5, 0.6) is 0 Å². The van der Waals surface area contributed by atoms with Gasteiger partial charge in [-0.1, -0.05) is 12.1 Å². The highest BCUT2D eigenvalue weighted by Gasteiger charge is 2.19. The molecule has 0 aliphatic rings. The molecule has 0 unspecified atom stereocenters. The largest absolute Gasteiger partial charge is 0.283 e. The van der Waals surface area contributed by atoms with Gasteiger partial charge in [-0.15, -0.1) is 0 Å². The molecule has 0 amide bonds. The maximum absolute atomic E-state index is 13.4. The van der Waals surface area contributed by atoms with E-state index in [1.54, 1.807) is 10.9 Å². The molecule has 0 aliphatic heterocycles. The Hall–Kier alpha value is -3.26. The number of aryl methyl sites for hydroxylation is 1. The Morgan fingerprint density at radius 1 is 1.00 bits per heavy atom. The second-order valence-electron chi connectivity index (χ2n) is 6.07. The lowest BCUT2D eigenvalue weighted by Crippen LogP contribution is -2.13. The molecule has 4 aromatic rings. The van der Waals surface area contributed by atoms with Crippen molar-refractivity contribution >= 4 is 10.0 Å². The second-order valence-corrected chi connectivity index (χ2v) is 7.87. The molecule has 4 rings (SSSR count). The summed E-state index contributed by atoms with van der Waals surface area (Å²) in [6.45, 7) is 1.95. The van der Waals surface area contributed by atoms with Gasteiger partial charge in [0.2, 0.25) is 0 Å². The number of aromatic nitrogens is 4. The third-order valence-electron chi connectivity index (χ3n) is 4.06. The minimum Gasteiger partial charge on any atom is -0.241 e. The fourth-order valence-corrected chi connectivity index (χ4v) is 3.96. The molecule has 0 atom stereocenters. The Morgan fingerprint density at radius 2 is 1.85 bits per heavy atom. The number of hydrogen-bond acceptors (Lipinski definition) is 4. The summed E-state index contributed by atoms with van der Waals surface area (Å²) in [6.07, 6.45) is 6.41. The van der Waals surface area contributed by atoms with Crippen molar-refractivity contribution in [2.24, 2.45) is 0 Å². The smallest absolute Gasteiger partial charge is 0.241 e. The average molecular weight is 382 g/mol. The Balaban J connectivity index is 1.75. The zero-order chi connectivity index (χ0) is 19.0. The van der Waals surface area contributed by atoms with Crippen molar-refractivity contribution in [2.45, 2.75) is 11.8 Å². The summed E-state index contributed by atoms with van der Waals surface area (Å²) in [7, 11) is -3.96. The highest BCUT2D eigenvalue weighted by atomic mass is 32.2. The molecule has 0 N–H and O–H groups in total. The van der Waals surface area contributed by atoms with Crippen LogP contribution < -0.4 is 0 Å². The summed E-state index contributed by atoms with van der Waals surface area (Å²) >= 11 is 0. The van der Waals surface area contributed by atoms with E-state index in [2.05, 4.69) is 10.2 Å². The van der Waals surface area contributed by atoms with E-state index in [0.29, 0.717) is 5.56 Å². The lowest BCUT2D eigenvalue weighted by atomic mass is 10.1. The van der Waals surface area contributed by atoms with Gasteiger partial charge in [0.1, 0.15) is 5.82 Å². The van der Waals surface area contributed by atoms with Crippen molar-refractivity contribution in [3.8, 4) is 16.8 Å². The normalized spacial score (nSPS) is 11.6. The maximum Gasteiger partial charge on any atom is 0.283 e. The molecule has 0 spiro atoms. The van der Waals surface area contributed by atoms with E-state index in [1.807, 2.05) is 37.4 Å². The molecular formula is C19H15FN4O2S. The van der Waals surface area contributed by atoms with Crippen LogP contribution in [0.2, 0.25) is 0 Å². The van der Waals surface area contributed by atoms with Crippen LogP contribution in [0.15, 0.2) is 78.2 Å². The van der Waals surface area contributed by atoms with Crippen molar-refractivity contribution in [3.63, 3.8) is 0 Å². The Kier molecular flexibility index (Phi) is 4.12. The molecule has 0 fully saturated rings. The highest BCUT2D eigenvalue weighted by molar-refractivity contribution is 7.89. The SMILES string of the molecule is Cc1cc(-c2cnn(S(=O)(=O)c3cccc(F)c3)c2)cc(-n2cccn2)c1. The van der Waals surface area contributed by atoms with Crippen LogP contribution in [-0.2, 0) is 10.0 Å². The average Bonchev–Trinajstić information content (AvgIpc) is 3.33. The van der Waals surface area contributed by atoms with Gasteiger partial charge in [-0.25, -0.2) is 9.07 Å². The predicted octanol–water partition coefficient (Wildman–Crippen LogP) is 3.42. The van der Waals surface area contributed by atoms with E-state index in [0.717, 1.165) is 27.0 Å². The fourth-order valence-electron chi connectivity index (χ4n) is 2.80. The quantitative estimate of drug-likeness (QED) is 0.542. The van der Waals surface area contributed by atoms with Crippen LogP contribution >= 0.6 is 0 Å². The number of hydrogen-bond donors (Lipinski definition) is 0. The third kappa shape index (κ3) is 3.26. The number of benzene rings is 2. The first-order chi connectivity index (χ1) is 12.9. The van der Waals surface area contributed by atoms with Crippen LogP contribution in [0.3, 0.4) is 0 Å². The molecule has 2 heterocycles. The summed E-state index contributed by atoms with van der Waals surface area (Å²) < 4.78 is 41.3. The van der Waals surface area contributed by atoms with E-state index in [9.17, 15) is 12.8 Å². The zero-order valence-corrected chi connectivity index (χ0v) is 15.1. The molecule has 0 aliphatic carbocycles. The van der Waals surface area contributed by atoms with Gasteiger partial charge in [-0.2, -0.15) is 22.7 Å². The monoisotopic (exact) mass is 382 g/mol. The van der Waals surface area contributed by atoms with Crippen molar-refractivity contribution in [2.75, 3.05) is 0 Å². The molecule has 27 heavy (non-hydrogen) atoms. The third-order valence-corrected chi connectivity index (χ3v) is 5.61. The molecule has 2 aromatic carbocycles. The van der Waals surface area contributed by atoms with Gasteiger partial charge >= 0.3 is 0 Å². The summed E-state index contributed by atoms with van der Waals surface area (Å²) in [5.74, 6) is -0.619. The Labute approximate surface area is 155 Å². The molecule has 2 aromatic heterocycles. The summed E-state index contributed by atoms with van der Waals surface area (Å²) in [6, 6.07) is 12.5. The number of nitrogens with zero attached hydrogens (tertiary/aromatic N) is 4. The fraction of sp³-hybridized carbons (Fsp3) is 0.0526. The van der Waals surface area contributed by atoms with Gasteiger partial charge in [-0.3, -0.25) is 0 Å². The van der Waals surface area contributed by atoms with E-state index in [4.69, 9.17) is 0 Å². The maximum atomic E-state index is 13.4.